The average Bonchev–Trinajstić information content (AvgIpc) is 3.57. The summed E-state index contributed by atoms with van der Waals surface area (Å²) in [4.78, 5) is 24.6. The van der Waals surface area contributed by atoms with Crippen molar-refractivity contribution in [3.63, 3.8) is 0 Å². The molecule has 4 aromatic rings. The standard InChI is InChI=1S/C28H32N4O4/c1-28(2,35-17-19-9-5-4-6-10-19)27-30-24-25(31-27)32(18-29-26(24)33)16-20-13-14-22(34-3)23(15-20)36-21-11-7-8-12-21/h4-6,9-10,13-15,18,21H,7-8,11-12,16-17H2,1-3H3,(H,30,31). The zero-order valence-electron chi connectivity index (χ0n) is 21.0. The Kier molecular flexibility index (Phi) is 6.78. The van der Waals surface area contributed by atoms with Gasteiger partial charge in [0.05, 0.1) is 26.4 Å². The molecule has 1 aliphatic carbocycles. The fourth-order valence-electron chi connectivity index (χ4n) is 4.56. The Labute approximate surface area is 210 Å². The number of nitrogens with zero attached hydrogens (tertiary/aromatic N) is 3. The van der Waals surface area contributed by atoms with E-state index in [9.17, 15) is 4.79 Å². The van der Waals surface area contributed by atoms with E-state index < -0.39 is 5.60 Å². The van der Waals surface area contributed by atoms with Crippen LogP contribution < -0.4 is 15.0 Å². The minimum Gasteiger partial charge on any atom is -0.493 e. The number of benzene rings is 2. The van der Waals surface area contributed by atoms with Crippen molar-refractivity contribution in [2.75, 3.05) is 7.11 Å². The molecule has 0 saturated heterocycles. The van der Waals surface area contributed by atoms with E-state index in [2.05, 4.69) is 9.97 Å². The molecule has 0 spiro atoms. The highest BCUT2D eigenvalue weighted by molar-refractivity contribution is 5.70. The SMILES string of the molecule is COc1ccc(Cn2cnc(=O)c3[nH]c(C(C)(C)OCc4ccccc4)nc32)cc1OC1CCCC1. The molecule has 1 saturated carbocycles. The Morgan fingerprint density at radius 3 is 2.58 bits per heavy atom. The lowest BCUT2D eigenvalue weighted by atomic mass is 10.1. The number of aromatic amines is 1. The number of H-pyrrole nitrogens is 1. The number of nitrogens with one attached hydrogen (secondary N) is 1. The molecule has 8 heteroatoms. The van der Waals surface area contributed by atoms with E-state index >= 15 is 0 Å². The van der Waals surface area contributed by atoms with Gasteiger partial charge < -0.3 is 23.8 Å². The second kappa shape index (κ2) is 10.1. The lowest BCUT2D eigenvalue weighted by Crippen LogP contribution is -2.23. The molecule has 2 aromatic carbocycles. The second-order valence-electron chi connectivity index (χ2n) is 9.76. The van der Waals surface area contributed by atoms with Crippen LogP contribution in [0.15, 0.2) is 59.7 Å². The molecule has 0 atom stereocenters. The van der Waals surface area contributed by atoms with Gasteiger partial charge in [0.2, 0.25) is 0 Å². The zero-order valence-corrected chi connectivity index (χ0v) is 21.0. The molecule has 0 bridgehead atoms. The van der Waals surface area contributed by atoms with Crippen LogP contribution in [0.2, 0.25) is 0 Å². The molecule has 2 heterocycles. The summed E-state index contributed by atoms with van der Waals surface area (Å²) in [6.07, 6.45) is 6.28. The van der Waals surface area contributed by atoms with Gasteiger partial charge in [0.1, 0.15) is 17.8 Å². The smallest absolute Gasteiger partial charge is 0.298 e. The van der Waals surface area contributed by atoms with Crippen LogP contribution in [-0.2, 0) is 23.5 Å². The Morgan fingerprint density at radius 1 is 1.06 bits per heavy atom. The highest BCUT2D eigenvalue weighted by atomic mass is 16.5. The fraction of sp³-hybridized carbons (Fsp3) is 0.393. The number of hydrogen-bond donors (Lipinski definition) is 1. The van der Waals surface area contributed by atoms with Crippen molar-refractivity contribution in [2.24, 2.45) is 0 Å². The number of ether oxygens (including phenoxy) is 3. The monoisotopic (exact) mass is 488 g/mol. The summed E-state index contributed by atoms with van der Waals surface area (Å²) in [7, 11) is 1.65. The van der Waals surface area contributed by atoms with Gasteiger partial charge in [0.25, 0.3) is 5.56 Å². The number of methoxy groups -OCH3 is 1. The number of hydrogen-bond acceptors (Lipinski definition) is 6. The quantitative estimate of drug-likeness (QED) is 0.358. The Morgan fingerprint density at radius 2 is 1.83 bits per heavy atom. The van der Waals surface area contributed by atoms with Gasteiger partial charge in [-0.25, -0.2) is 4.98 Å². The van der Waals surface area contributed by atoms with Crippen LogP contribution in [0.4, 0.5) is 0 Å². The summed E-state index contributed by atoms with van der Waals surface area (Å²) in [5.74, 6) is 2.03. The van der Waals surface area contributed by atoms with Gasteiger partial charge in [0.15, 0.2) is 22.7 Å². The molecular weight excluding hydrogens is 456 g/mol. The molecule has 0 amide bonds. The lowest BCUT2D eigenvalue weighted by Gasteiger charge is -2.23. The topological polar surface area (TPSA) is 91.3 Å². The summed E-state index contributed by atoms with van der Waals surface area (Å²) < 4.78 is 19.8. The van der Waals surface area contributed by atoms with Crippen molar-refractivity contribution < 1.29 is 14.2 Å². The van der Waals surface area contributed by atoms with Crippen LogP contribution in [-0.4, -0.2) is 32.7 Å². The van der Waals surface area contributed by atoms with Crippen LogP contribution in [0, 0.1) is 0 Å². The zero-order chi connectivity index (χ0) is 25.1. The molecule has 1 aliphatic rings. The number of imidazole rings is 1. The first-order valence-corrected chi connectivity index (χ1v) is 12.4. The van der Waals surface area contributed by atoms with Gasteiger partial charge in [-0.05, 0) is 62.8 Å². The van der Waals surface area contributed by atoms with Gasteiger partial charge in [-0.2, -0.15) is 4.98 Å². The van der Waals surface area contributed by atoms with Crippen molar-refractivity contribution in [3.05, 3.63) is 82.2 Å². The third kappa shape index (κ3) is 5.14. The van der Waals surface area contributed by atoms with E-state index in [-0.39, 0.29) is 11.7 Å². The van der Waals surface area contributed by atoms with E-state index in [0.717, 1.165) is 29.7 Å². The van der Waals surface area contributed by atoms with E-state index in [1.807, 2.05) is 66.9 Å². The van der Waals surface area contributed by atoms with Crippen LogP contribution in [0.1, 0.15) is 56.5 Å². The van der Waals surface area contributed by atoms with Crippen molar-refractivity contribution in [2.45, 2.75) is 64.4 Å². The largest absolute Gasteiger partial charge is 0.493 e. The normalized spacial score (nSPS) is 14.4. The first kappa shape index (κ1) is 24.1. The van der Waals surface area contributed by atoms with E-state index in [1.54, 1.807) is 7.11 Å². The van der Waals surface area contributed by atoms with Gasteiger partial charge >= 0.3 is 0 Å². The molecular formula is C28H32N4O4. The van der Waals surface area contributed by atoms with Crippen molar-refractivity contribution in [3.8, 4) is 11.5 Å². The molecule has 1 fully saturated rings. The van der Waals surface area contributed by atoms with Crippen LogP contribution in [0.3, 0.4) is 0 Å². The highest BCUT2D eigenvalue weighted by Crippen LogP contribution is 2.33. The van der Waals surface area contributed by atoms with E-state index in [1.165, 1.54) is 19.2 Å². The Bertz CT molecular complexity index is 1390. The van der Waals surface area contributed by atoms with Crippen molar-refractivity contribution >= 4 is 11.2 Å². The van der Waals surface area contributed by atoms with E-state index in [0.29, 0.717) is 35.9 Å². The summed E-state index contributed by atoms with van der Waals surface area (Å²) >= 11 is 0. The molecule has 0 aliphatic heterocycles. The molecule has 8 nitrogen and oxygen atoms in total. The van der Waals surface area contributed by atoms with Crippen LogP contribution >= 0.6 is 0 Å². The van der Waals surface area contributed by atoms with Crippen molar-refractivity contribution in [1.29, 1.82) is 0 Å². The Balaban J connectivity index is 1.41. The average molecular weight is 489 g/mol. The first-order valence-electron chi connectivity index (χ1n) is 12.4. The number of rotatable bonds is 9. The van der Waals surface area contributed by atoms with Gasteiger partial charge in [0, 0.05) is 0 Å². The maximum absolute atomic E-state index is 12.6. The molecule has 0 radical (unpaired) electrons. The summed E-state index contributed by atoms with van der Waals surface area (Å²) in [6.45, 7) is 4.78. The summed E-state index contributed by atoms with van der Waals surface area (Å²) in [5, 5.41) is 0. The Hall–Kier alpha value is -3.65. The van der Waals surface area contributed by atoms with Crippen molar-refractivity contribution in [1.82, 2.24) is 19.5 Å². The number of aromatic nitrogens is 4. The summed E-state index contributed by atoms with van der Waals surface area (Å²) in [6, 6.07) is 15.9. The first-order chi connectivity index (χ1) is 17.4. The van der Waals surface area contributed by atoms with Gasteiger partial charge in [-0.1, -0.05) is 36.4 Å². The second-order valence-corrected chi connectivity index (χ2v) is 9.76. The maximum Gasteiger partial charge on any atom is 0.298 e. The van der Waals surface area contributed by atoms with Crippen LogP contribution in [0.5, 0.6) is 11.5 Å². The summed E-state index contributed by atoms with van der Waals surface area (Å²) in [5.41, 5.74) is 1.88. The minimum absolute atomic E-state index is 0.224. The van der Waals surface area contributed by atoms with Gasteiger partial charge in [-0.3, -0.25) is 4.79 Å². The van der Waals surface area contributed by atoms with E-state index in [4.69, 9.17) is 19.2 Å². The molecule has 1 N–H and O–H groups in total. The predicted octanol–water partition coefficient (Wildman–Crippen LogP) is 4.95. The molecule has 5 rings (SSSR count). The maximum atomic E-state index is 12.6. The minimum atomic E-state index is -0.735. The molecule has 0 unspecified atom stereocenters. The fourth-order valence-corrected chi connectivity index (χ4v) is 4.56. The molecule has 2 aromatic heterocycles. The predicted molar refractivity (Wildman–Crippen MR) is 137 cm³/mol. The van der Waals surface area contributed by atoms with Crippen LogP contribution in [0.25, 0.3) is 11.2 Å². The third-order valence-electron chi connectivity index (χ3n) is 6.67. The third-order valence-corrected chi connectivity index (χ3v) is 6.67. The highest BCUT2D eigenvalue weighted by Gasteiger charge is 2.27. The lowest BCUT2D eigenvalue weighted by molar-refractivity contribution is -0.0393. The molecule has 36 heavy (non-hydrogen) atoms. The van der Waals surface area contributed by atoms with Gasteiger partial charge in [-0.15, -0.1) is 0 Å². The molecule has 188 valence electrons. The number of fused-ring (bicyclic) bond motifs is 1.